The summed E-state index contributed by atoms with van der Waals surface area (Å²) in [4.78, 5) is 15.7. The Morgan fingerprint density at radius 2 is 2.00 bits per heavy atom. The van der Waals surface area contributed by atoms with Crippen molar-refractivity contribution >= 4 is 15.9 Å². The molecule has 0 spiro atoms. The minimum Gasteiger partial charge on any atom is -0.489 e. The molecular weight excluding hydrogens is 466 g/mol. The summed E-state index contributed by atoms with van der Waals surface area (Å²) < 4.78 is 33.2. The lowest BCUT2D eigenvalue weighted by Crippen LogP contribution is -2.36. The first-order valence-corrected chi connectivity index (χ1v) is 13.1. The second kappa shape index (κ2) is 11.0. The summed E-state index contributed by atoms with van der Waals surface area (Å²) >= 11 is 0. The normalized spacial score (nSPS) is 16.1. The van der Waals surface area contributed by atoms with Crippen LogP contribution >= 0.6 is 0 Å². The van der Waals surface area contributed by atoms with Crippen LogP contribution in [0.2, 0.25) is 0 Å². The Kier molecular flexibility index (Phi) is 7.80. The molecule has 4 rings (SSSR count). The third-order valence-corrected chi connectivity index (χ3v) is 7.29. The van der Waals surface area contributed by atoms with Crippen molar-refractivity contribution in [2.75, 3.05) is 13.1 Å². The van der Waals surface area contributed by atoms with Crippen LogP contribution in [0.5, 0.6) is 5.75 Å². The van der Waals surface area contributed by atoms with E-state index in [4.69, 9.17) is 4.74 Å². The Balaban J connectivity index is 1.39. The summed E-state index contributed by atoms with van der Waals surface area (Å²) in [6.07, 6.45) is 4.43. The average Bonchev–Trinajstić information content (AvgIpc) is 2.88. The smallest absolute Gasteiger partial charge is 0.264 e. The van der Waals surface area contributed by atoms with Gasteiger partial charge >= 0.3 is 0 Å². The molecule has 184 valence electrons. The monoisotopic (exact) mass is 495 g/mol. The van der Waals surface area contributed by atoms with Gasteiger partial charge in [0.15, 0.2) is 0 Å². The Hall–Kier alpha value is -3.27. The Morgan fingerprint density at radius 3 is 2.77 bits per heavy atom. The number of hydrogen-bond acceptors (Lipinski definition) is 7. The van der Waals surface area contributed by atoms with Crippen LogP contribution in [-0.4, -0.2) is 43.6 Å². The van der Waals surface area contributed by atoms with Gasteiger partial charge in [-0.15, -0.1) is 0 Å². The van der Waals surface area contributed by atoms with Crippen molar-refractivity contribution in [2.45, 2.75) is 43.3 Å². The molecule has 0 radical (unpaired) electrons. The van der Waals surface area contributed by atoms with Crippen molar-refractivity contribution < 1.29 is 23.1 Å². The number of fused-ring (bicyclic) bond motifs is 1. The standard InChI is InChI=1S/C26H29N3O5S/c1-2-26(31)29-35(32,33)23-7-3-5-18(14-23)19-9-11-25-20(13-19)8-10-22(34-25)16-28-17-24(30)21-6-4-12-27-15-21/h3-7,9,11-15,22,24,28,30H,2,8,10,16-17H2,1H3,(H,29,31)/t22-,24+/m1/s1. The molecule has 0 saturated carbocycles. The van der Waals surface area contributed by atoms with Crippen molar-refractivity contribution in [1.82, 2.24) is 15.0 Å². The maximum atomic E-state index is 12.5. The highest BCUT2D eigenvalue weighted by Gasteiger charge is 2.21. The number of pyridine rings is 1. The molecule has 3 aromatic rings. The molecular formula is C26H29N3O5S. The molecule has 2 aromatic carbocycles. The van der Waals surface area contributed by atoms with Gasteiger partial charge in [-0.25, -0.2) is 13.1 Å². The lowest BCUT2D eigenvalue weighted by Gasteiger charge is -2.27. The van der Waals surface area contributed by atoms with E-state index in [1.807, 2.05) is 30.3 Å². The van der Waals surface area contributed by atoms with Gasteiger partial charge in [-0.1, -0.05) is 31.2 Å². The number of sulfonamides is 1. The van der Waals surface area contributed by atoms with E-state index < -0.39 is 22.0 Å². The van der Waals surface area contributed by atoms with Gasteiger partial charge in [0, 0.05) is 37.5 Å². The highest BCUT2D eigenvalue weighted by atomic mass is 32.2. The first-order valence-electron chi connectivity index (χ1n) is 11.6. The van der Waals surface area contributed by atoms with Gasteiger partial charge in [0.25, 0.3) is 10.0 Å². The first kappa shape index (κ1) is 24.8. The molecule has 0 fully saturated rings. The number of aryl methyl sites for hydroxylation is 1. The largest absolute Gasteiger partial charge is 0.489 e. The van der Waals surface area contributed by atoms with E-state index in [1.54, 1.807) is 37.5 Å². The van der Waals surface area contributed by atoms with E-state index in [0.29, 0.717) is 13.1 Å². The number of nitrogens with one attached hydrogen (secondary N) is 2. The van der Waals surface area contributed by atoms with Gasteiger partial charge in [0.2, 0.25) is 5.91 Å². The fourth-order valence-corrected chi connectivity index (χ4v) is 5.07. The van der Waals surface area contributed by atoms with Crippen LogP contribution in [0.25, 0.3) is 11.1 Å². The molecule has 1 aliphatic rings. The number of aliphatic hydroxyl groups is 1. The SMILES string of the molecule is CCC(=O)NS(=O)(=O)c1cccc(-c2ccc3c(c2)CC[C@H](CNC[C@H](O)c2cccnc2)O3)c1. The summed E-state index contributed by atoms with van der Waals surface area (Å²) in [5.41, 5.74) is 3.45. The fourth-order valence-electron chi connectivity index (χ4n) is 3.96. The van der Waals surface area contributed by atoms with Gasteiger partial charge in [0.05, 0.1) is 11.0 Å². The van der Waals surface area contributed by atoms with E-state index in [0.717, 1.165) is 40.8 Å². The third-order valence-electron chi connectivity index (χ3n) is 5.92. The van der Waals surface area contributed by atoms with Gasteiger partial charge < -0.3 is 15.2 Å². The van der Waals surface area contributed by atoms with Gasteiger partial charge in [0.1, 0.15) is 11.9 Å². The first-order chi connectivity index (χ1) is 16.9. The van der Waals surface area contributed by atoms with Crippen molar-refractivity contribution in [2.24, 2.45) is 0 Å². The average molecular weight is 496 g/mol. The summed E-state index contributed by atoms with van der Waals surface area (Å²) in [6.45, 7) is 2.63. The number of nitrogens with zero attached hydrogens (tertiary/aromatic N) is 1. The Bertz CT molecular complexity index is 1280. The number of hydrogen-bond donors (Lipinski definition) is 3. The summed E-state index contributed by atoms with van der Waals surface area (Å²) in [7, 11) is -3.91. The van der Waals surface area contributed by atoms with Gasteiger partial charge in [-0.2, -0.15) is 0 Å². The lowest BCUT2D eigenvalue weighted by atomic mass is 9.97. The van der Waals surface area contributed by atoms with E-state index in [-0.39, 0.29) is 17.4 Å². The number of aliphatic hydroxyl groups excluding tert-OH is 1. The Morgan fingerprint density at radius 1 is 1.17 bits per heavy atom. The number of rotatable bonds is 9. The predicted molar refractivity (Wildman–Crippen MR) is 132 cm³/mol. The number of benzene rings is 2. The molecule has 0 aliphatic carbocycles. The minimum absolute atomic E-state index is 0.00917. The van der Waals surface area contributed by atoms with Crippen LogP contribution in [0.1, 0.15) is 37.0 Å². The van der Waals surface area contributed by atoms with Crippen molar-refractivity contribution in [3.05, 3.63) is 78.1 Å². The van der Waals surface area contributed by atoms with E-state index >= 15 is 0 Å². The molecule has 0 bridgehead atoms. The highest BCUT2D eigenvalue weighted by molar-refractivity contribution is 7.90. The zero-order valence-corrected chi connectivity index (χ0v) is 20.3. The van der Waals surface area contributed by atoms with Crippen LogP contribution in [0.4, 0.5) is 0 Å². The zero-order chi connectivity index (χ0) is 24.8. The number of ether oxygens (including phenoxy) is 1. The molecule has 3 N–H and O–H groups in total. The molecule has 1 aromatic heterocycles. The molecule has 2 heterocycles. The number of carbonyl (C=O) groups excluding carboxylic acids is 1. The summed E-state index contributed by atoms with van der Waals surface area (Å²) in [6, 6.07) is 16.0. The Labute approximate surface area is 205 Å². The zero-order valence-electron chi connectivity index (χ0n) is 19.5. The molecule has 0 saturated heterocycles. The number of amides is 1. The molecule has 1 aliphatic heterocycles. The quantitative estimate of drug-likeness (QED) is 0.418. The number of aromatic nitrogens is 1. The maximum absolute atomic E-state index is 12.5. The predicted octanol–water partition coefficient (Wildman–Crippen LogP) is 2.98. The van der Waals surface area contributed by atoms with Crippen LogP contribution in [0.3, 0.4) is 0 Å². The van der Waals surface area contributed by atoms with Crippen molar-refractivity contribution in [3.63, 3.8) is 0 Å². The van der Waals surface area contributed by atoms with Crippen LogP contribution in [-0.2, 0) is 21.2 Å². The second-order valence-electron chi connectivity index (χ2n) is 8.47. The fraction of sp³-hybridized carbons (Fsp3) is 0.308. The maximum Gasteiger partial charge on any atom is 0.264 e. The van der Waals surface area contributed by atoms with Gasteiger partial charge in [-0.05, 0) is 59.9 Å². The van der Waals surface area contributed by atoms with Crippen LogP contribution < -0.4 is 14.8 Å². The highest BCUT2D eigenvalue weighted by Crippen LogP contribution is 2.32. The topological polar surface area (TPSA) is 118 Å². The summed E-state index contributed by atoms with van der Waals surface area (Å²) in [5.74, 6) is 0.260. The van der Waals surface area contributed by atoms with E-state index in [1.165, 1.54) is 6.07 Å². The minimum atomic E-state index is -3.91. The van der Waals surface area contributed by atoms with E-state index in [2.05, 4.69) is 15.0 Å². The van der Waals surface area contributed by atoms with Crippen molar-refractivity contribution in [3.8, 4) is 16.9 Å². The van der Waals surface area contributed by atoms with Gasteiger partial charge in [-0.3, -0.25) is 9.78 Å². The molecule has 0 unspecified atom stereocenters. The molecule has 9 heteroatoms. The molecule has 8 nitrogen and oxygen atoms in total. The second-order valence-corrected chi connectivity index (χ2v) is 10.2. The molecule has 35 heavy (non-hydrogen) atoms. The molecule has 1 amide bonds. The lowest BCUT2D eigenvalue weighted by molar-refractivity contribution is -0.119. The van der Waals surface area contributed by atoms with Crippen molar-refractivity contribution in [1.29, 1.82) is 0 Å². The third kappa shape index (κ3) is 6.25. The van der Waals surface area contributed by atoms with Crippen LogP contribution in [0, 0.1) is 0 Å². The molecule has 2 atom stereocenters. The summed E-state index contributed by atoms with van der Waals surface area (Å²) in [5, 5.41) is 13.5. The van der Waals surface area contributed by atoms with Crippen LogP contribution in [0.15, 0.2) is 71.9 Å². The number of carbonyl (C=O) groups is 1. The van der Waals surface area contributed by atoms with E-state index in [9.17, 15) is 18.3 Å².